The zero-order valence-corrected chi connectivity index (χ0v) is 13.5. The molecule has 0 spiro atoms. The van der Waals surface area contributed by atoms with Gasteiger partial charge in [-0.05, 0) is 36.6 Å². The van der Waals surface area contributed by atoms with Crippen molar-refractivity contribution in [3.05, 3.63) is 34.9 Å². The average Bonchev–Trinajstić information content (AvgIpc) is 2.36. The highest BCUT2D eigenvalue weighted by atomic mass is 79.9. The molecule has 1 aromatic carbocycles. The molecule has 2 unspecified atom stereocenters. The summed E-state index contributed by atoms with van der Waals surface area (Å²) in [6, 6.07) is 4.99. The maximum Gasteiger partial charge on any atom is 0.337 e. The lowest BCUT2D eigenvalue weighted by molar-refractivity contribution is 0.0600. The van der Waals surface area contributed by atoms with E-state index < -0.39 is 17.0 Å². The Morgan fingerprint density at radius 1 is 1.53 bits per heavy atom. The number of halogens is 1. The number of alkyl halides is 1. The van der Waals surface area contributed by atoms with Gasteiger partial charge in [-0.15, -0.1) is 0 Å². The standard InChI is InChI=1S/C13H17BrO4S/c1-4-13(2,14)11-6-5-9(12(15)18-3)7-10(11)8-19(16)17/h5-7H,4,8H2,1-3H3,(H,16,17)/p-1. The van der Waals surface area contributed by atoms with Gasteiger partial charge >= 0.3 is 5.97 Å². The van der Waals surface area contributed by atoms with Crippen LogP contribution < -0.4 is 0 Å². The predicted octanol–water partition coefficient (Wildman–Crippen LogP) is 2.87. The third-order valence-electron chi connectivity index (χ3n) is 3.03. The number of carbonyl (C=O) groups is 1. The van der Waals surface area contributed by atoms with E-state index in [0.717, 1.165) is 12.0 Å². The first kappa shape index (κ1) is 16.3. The Hall–Kier alpha value is -0.720. The Labute approximate surface area is 124 Å². The lowest BCUT2D eigenvalue weighted by Crippen LogP contribution is -2.16. The third kappa shape index (κ3) is 4.12. The van der Waals surface area contributed by atoms with Crippen LogP contribution in [0.1, 0.15) is 41.8 Å². The number of esters is 1. The van der Waals surface area contributed by atoms with E-state index in [-0.39, 0.29) is 10.1 Å². The largest absolute Gasteiger partial charge is 0.772 e. The molecule has 19 heavy (non-hydrogen) atoms. The monoisotopic (exact) mass is 347 g/mol. The Morgan fingerprint density at radius 2 is 2.16 bits per heavy atom. The van der Waals surface area contributed by atoms with Gasteiger partial charge in [0.2, 0.25) is 0 Å². The van der Waals surface area contributed by atoms with E-state index in [2.05, 4.69) is 20.7 Å². The van der Waals surface area contributed by atoms with Crippen LogP contribution in [0.2, 0.25) is 0 Å². The van der Waals surface area contributed by atoms with Crippen molar-refractivity contribution in [2.75, 3.05) is 7.11 Å². The Morgan fingerprint density at radius 3 is 2.63 bits per heavy atom. The second kappa shape index (κ2) is 6.63. The van der Waals surface area contributed by atoms with Crippen molar-refractivity contribution >= 4 is 33.0 Å². The SMILES string of the molecule is CCC(C)(Br)c1ccc(C(=O)OC)cc1CS(=O)[O-]. The van der Waals surface area contributed by atoms with Crippen LogP contribution in [0.4, 0.5) is 0 Å². The van der Waals surface area contributed by atoms with Crippen LogP contribution in [0.5, 0.6) is 0 Å². The van der Waals surface area contributed by atoms with E-state index in [1.165, 1.54) is 7.11 Å². The van der Waals surface area contributed by atoms with Gasteiger partial charge in [-0.25, -0.2) is 4.79 Å². The van der Waals surface area contributed by atoms with Gasteiger partial charge in [0.15, 0.2) is 0 Å². The molecule has 0 aliphatic heterocycles. The van der Waals surface area contributed by atoms with Crippen molar-refractivity contribution in [3.8, 4) is 0 Å². The van der Waals surface area contributed by atoms with E-state index in [0.29, 0.717) is 11.1 Å². The Kier molecular flexibility index (Phi) is 5.70. The quantitative estimate of drug-likeness (QED) is 0.466. The molecule has 0 saturated carbocycles. The fourth-order valence-electron chi connectivity index (χ4n) is 1.78. The number of rotatable bonds is 5. The molecule has 1 rings (SSSR count). The molecule has 0 amide bonds. The van der Waals surface area contributed by atoms with Crippen molar-refractivity contribution in [3.63, 3.8) is 0 Å². The Balaban J connectivity index is 3.32. The second-order valence-electron chi connectivity index (χ2n) is 4.36. The highest BCUT2D eigenvalue weighted by Gasteiger charge is 2.24. The van der Waals surface area contributed by atoms with E-state index >= 15 is 0 Å². The summed E-state index contributed by atoms with van der Waals surface area (Å²) in [6.45, 7) is 3.97. The van der Waals surface area contributed by atoms with Crippen LogP contribution in [0.15, 0.2) is 18.2 Å². The summed E-state index contributed by atoms with van der Waals surface area (Å²) in [4.78, 5) is 11.5. The van der Waals surface area contributed by atoms with Crippen LogP contribution in [0.25, 0.3) is 0 Å². The zero-order valence-electron chi connectivity index (χ0n) is 11.1. The van der Waals surface area contributed by atoms with Gasteiger partial charge in [0.1, 0.15) is 0 Å². The van der Waals surface area contributed by atoms with E-state index in [1.807, 2.05) is 13.8 Å². The maximum absolute atomic E-state index is 11.5. The molecule has 1 aromatic rings. The normalized spacial score (nSPS) is 15.6. The van der Waals surface area contributed by atoms with E-state index in [4.69, 9.17) is 0 Å². The molecule has 0 aliphatic carbocycles. The highest BCUT2D eigenvalue weighted by molar-refractivity contribution is 9.09. The van der Waals surface area contributed by atoms with Gasteiger partial charge in [0.05, 0.1) is 12.7 Å². The summed E-state index contributed by atoms with van der Waals surface area (Å²) < 4.78 is 26.2. The second-order valence-corrected chi connectivity index (χ2v) is 7.01. The lowest BCUT2D eigenvalue weighted by atomic mass is 9.92. The first-order valence-corrected chi connectivity index (χ1v) is 7.82. The van der Waals surface area contributed by atoms with Gasteiger partial charge in [0, 0.05) is 10.1 Å². The highest BCUT2D eigenvalue weighted by Crippen LogP contribution is 2.37. The summed E-state index contributed by atoms with van der Waals surface area (Å²) in [5.41, 5.74) is 1.83. The first-order chi connectivity index (χ1) is 8.81. The van der Waals surface area contributed by atoms with E-state index in [1.54, 1.807) is 18.2 Å². The molecule has 106 valence electrons. The molecule has 0 N–H and O–H groups in total. The van der Waals surface area contributed by atoms with Crippen LogP contribution in [0.3, 0.4) is 0 Å². The summed E-state index contributed by atoms with van der Waals surface area (Å²) in [6.07, 6.45) is 0.795. The lowest BCUT2D eigenvalue weighted by Gasteiger charge is -2.25. The molecular formula is C13H16BrO4S-. The molecular weight excluding hydrogens is 332 g/mol. The summed E-state index contributed by atoms with van der Waals surface area (Å²) in [7, 11) is 1.29. The van der Waals surface area contributed by atoms with Gasteiger partial charge < -0.3 is 9.29 Å². The third-order valence-corrected chi connectivity index (χ3v) is 4.56. The fraction of sp³-hybridized carbons (Fsp3) is 0.462. The molecule has 0 heterocycles. The molecule has 6 heteroatoms. The summed E-state index contributed by atoms with van der Waals surface area (Å²) in [5, 5.41) is 0. The number of hydrogen-bond acceptors (Lipinski definition) is 4. The minimum atomic E-state index is -2.21. The van der Waals surface area contributed by atoms with Crippen molar-refractivity contribution in [1.82, 2.24) is 0 Å². The van der Waals surface area contributed by atoms with Crippen molar-refractivity contribution in [1.29, 1.82) is 0 Å². The number of ether oxygens (including phenoxy) is 1. The smallest absolute Gasteiger partial charge is 0.337 e. The number of benzene rings is 1. The van der Waals surface area contributed by atoms with Gasteiger partial charge in [-0.1, -0.05) is 40.0 Å². The molecule has 0 aliphatic rings. The number of hydrogen-bond donors (Lipinski definition) is 0. The maximum atomic E-state index is 11.5. The topological polar surface area (TPSA) is 66.4 Å². The van der Waals surface area contributed by atoms with Gasteiger partial charge in [-0.3, -0.25) is 4.21 Å². The van der Waals surface area contributed by atoms with Crippen molar-refractivity contribution in [2.24, 2.45) is 0 Å². The van der Waals surface area contributed by atoms with Crippen molar-refractivity contribution < 1.29 is 18.3 Å². The molecule has 0 saturated heterocycles. The molecule has 0 aromatic heterocycles. The van der Waals surface area contributed by atoms with Crippen LogP contribution in [-0.4, -0.2) is 21.8 Å². The Bertz CT molecular complexity index is 499. The molecule has 0 fully saturated rings. The van der Waals surface area contributed by atoms with E-state index in [9.17, 15) is 13.6 Å². The van der Waals surface area contributed by atoms with Gasteiger partial charge in [0.25, 0.3) is 0 Å². The molecule has 4 nitrogen and oxygen atoms in total. The fourth-order valence-corrected chi connectivity index (χ4v) is 2.66. The summed E-state index contributed by atoms with van der Waals surface area (Å²) >= 11 is 1.38. The van der Waals surface area contributed by atoms with Crippen LogP contribution in [0, 0.1) is 0 Å². The van der Waals surface area contributed by atoms with Crippen molar-refractivity contribution in [2.45, 2.75) is 30.3 Å². The number of carbonyl (C=O) groups excluding carboxylic acids is 1. The molecule has 0 radical (unpaired) electrons. The summed E-state index contributed by atoms with van der Waals surface area (Å²) in [5.74, 6) is -0.598. The van der Waals surface area contributed by atoms with Crippen LogP contribution >= 0.6 is 15.9 Å². The molecule has 2 atom stereocenters. The molecule has 0 bridgehead atoms. The average molecular weight is 348 g/mol. The zero-order chi connectivity index (χ0) is 14.6. The predicted molar refractivity (Wildman–Crippen MR) is 77.0 cm³/mol. The van der Waals surface area contributed by atoms with Crippen LogP contribution in [-0.2, 0) is 25.9 Å². The first-order valence-electron chi connectivity index (χ1n) is 5.78. The number of methoxy groups -OCH3 is 1. The minimum absolute atomic E-state index is 0.124. The minimum Gasteiger partial charge on any atom is -0.772 e. The van der Waals surface area contributed by atoms with Gasteiger partial charge in [-0.2, -0.15) is 0 Å².